The number of carboxylic acids is 1. The number of nitrogens with zero attached hydrogens (tertiary/aromatic N) is 2. The number of amides is 1. The number of aromatic nitrogens is 1. The molecule has 1 fully saturated rings. The van der Waals surface area contributed by atoms with Crippen LogP contribution in [0.1, 0.15) is 49.6 Å². The average molecular weight is 343 g/mol. The van der Waals surface area contributed by atoms with Gasteiger partial charge in [-0.15, -0.1) is 0 Å². The first kappa shape index (κ1) is 15.1. The molecule has 1 heterocycles. The van der Waals surface area contributed by atoms with E-state index in [0.29, 0.717) is 11.7 Å². The molecule has 0 aromatic carbocycles. The fourth-order valence-corrected chi connectivity index (χ4v) is 2.65. The molecular formula is C14H19BrN2O3. The van der Waals surface area contributed by atoms with Crippen molar-refractivity contribution in [2.45, 2.75) is 45.2 Å². The van der Waals surface area contributed by atoms with Crippen LogP contribution in [0.15, 0.2) is 16.7 Å². The minimum atomic E-state index is -0.984. The predicted octanol–water partition coefficient (Wildman–Crippen LogP) is 2.91. The number of carboxylic acid groups (broad SMARTS) is 1. The zero-order valence-corrected chi connectivity index (χ0v) is 13.3. The van der Waals surface area contributed by atoms with Gasteiger partial charge in [0, 0.05) is 22.8 Å². The highest BCUT2D eigenvalue weighted by Gasteiger charge is 2.31. The minimum absolute atomic E-state index is 0.0973. The number of rotatable bonds is 6. The van der Waals surface area contributed by atoms with Crippen molar-refractivity contribution in [2.75, 3.05) is 6.54 Å². The van der Waals surface area contributed by atoms with Crippen molar-refractivity contribution >= 4 is 27.8 Å². The summed E-state index contributed by atoms with van der Waals surface area (Å²) in [7, 11) is 0. The average Bonchev–Trinajstić information content (AvgIpc) is 3.17. The molecule has 1 aromatic rings. The highest BCUT2D eigenvalue weighted by atomic mass is 79.9. The lowest BCUT2D eigenvalue weighted by atomic mass is 10.2. The van der Waals surface area contributed by atoms with Crippen molar-refractivity contribution in [3.05, 3.63) is 22.4 Å². The number of carbonyl (C=O) groups is 2. The molecule has 0 saturated heterocycles. The maximum Gasteiger partial charge on any atom is 0.323 e. The van der Waals surface area contributed by atoms with E-state index in [1.54, 1.807) is 6.07 Å². The van der Waals surface area contributed by atoms with Gasteiger partial charge in [-0.1, -0.05) is 6.92 Å². The number of halogens is 1. The quantitative estimate of drug-likeness (QED) is 0.864. The molecule has 1 saturated carbocycles. The third-order valence-corrected chi connectivity index (χ3v) is 4.10. The van der Waals surface area contributed by atoms with E-state index < -0.39 is 5.97 Å². The largest absolute Gasteiger partial charge is 0.480 e. The Bertz CT molecular complexity index is 522. The normalized spacial score (nSPS) is 15.9. The third-order valence-electron chi connectivity index (χ3n) is 3.66. The van der Waals surface area contributed by atoms with Crippen molar-refractivity contribution in [1.82, 2.24) is 9.47 Å². The highest BCUT2D eigenvalue weighted by Crippen LogP contribution is 2.37. The molecule has 1 atom stereocenters. The van der Waals surface area contributed by atoms with Crippen molar-refractivity contribution < 1.29 is 14.7 Å². The fourth-order valence-electron chi connectivity index (χ4n) is 2.21. The van der Waals surface area contributed by atoms with Crippen molar-refractivity contribution in [1.29, 1.82) is 0 Å². The van der Waals surface area contributed by atoms with Gasteiger partial charge in [0.25, 0.3) is 5.91 Å². The van der Waals surface area contributed by atoms with Crippen LogP contribution in [0.5, 0.6) is 0 Å². The summed E-state index contributed by atoms with van der Waals surface area (Å²) in [5, 5.41) is 9.01. The summed E-state index contributed by atoms with van der Waals surface area (Å²) in [5.41, 5.74) is 0.570. The molecule has 0 spiro atoms. The molecule has 2 rings (SSSR count). The number of carbonyl (C=O) groups excluding carboxylic acids is 1. The summed E-state index contributed by atoms with van der Waals surface area (Å²) < 4.78 is 2.82. The first-order valence-corrected chi connectivity index (χ1v) is 7.63. The molecule has 6 heteroatoms. The molecule has 1 aliphatic rings. The van der Waals surface area contributed by atoms with Gasteiger partial charge in [0.05, 0.1) is 0 Å². The lowest BCUT2D eigenvalue weighted by Gasteiger charge is -2.27. The van der Waals surface area contributed by atoms with E-state index >= 15 is 0 Å². The molecule has 1 amide bonds. The van der Waals surface area contributed by atoms with E-state index in [0.717, 1.165) is 23.7 Å². The maximum atomic E-state index is 12.7. The molecule has 0 bridgehead atoms. The van der Waals surface area contributed by atoms with Crippen molar-refractivity contribution in [2.24, 2.45) is 0 Å². The smallest absolute Gasteiger partial charge is 0.323 e. The SMILES string of the molecule is CCC(C)N(CC(=O)O)C(=O)c1cc(Br)cn1C1CC1. The maximum absolute atomic E-state index is 12.7. The Hall–Kier alpha value is -1.30. The summed E-state index contributed by atoms with van der Waals surface area (Å²) in [4.78, 5) is 25.1. The first-order valence-electron chi connectivity index (χ1n) is 6.84. The molecular weight excluding hydrogens is 324 g/mol. The van der Waals surface area contributed by atoms with Crippen molar-refractivity contribution in [3.8, 4) is 0 Å². The summed E-state index contributed by atoms with van der Waals surface area (Å²) in [6, 6.07) is 2.06. The molecule has 20 heavy (non-hydrogen) atoms. The lowest BCUT2D eigenvalue weighted by molar-refractivity contribution is -0.138. The van der Waals surface area contributed by atoms with Gasteiger partial charge in [0.2, 0.25) is 0 Å². The van der Waals surface area contributed by atoms with E-state index in [1.807, 2.05) is 24.6 Å². The van der Waals surface area contributed by atoms with Crippen LogP contribution in [0.3, 0.4) is 0 Å². The Morgan fingerprint density at radius 3 is 2.70 bits per heavy atom. The van der Waals surface area contributed by atoms with Crippen LogP contribution in [-0.4, -0.2) is 39.0 Å². The standard InChI is InChI=1S/C14H19BrN2O3/c1-3-9(2)16(8-13(18)19)14(20)12-6-10(15)7-17(12)11-4-5-11/h6-7,9,11H,3-5,8H2,1-2H3,(H,18,19). The Labute approximate surface area is 126 Å². The predicted molar refractivity (Wildman–Crippen MR) is 78.8 cm³/mol. The van der Waals surface area contributed by atoms with Crippen LogP contribution in [0.2, 0.25) is 0 Å². The van der Waals surface area contributed by atoms with E-state index in [2.05, 4.69) is 15.9 Å². The van der Waals surface area contributed by atoms with Crippen LogP contribution in [0.4, 0.5) is 0 Å². The van der Waals surface area contributed by atoms with Crippen LogP contribution in [0, 0.1) is 0 Å². The topological polar surface area (TPSA) is 62.5 Å². The van der Waals surface area contributed by atoms with Crippen LogP contribution in [-0.2, 0) is 4.79 Å². The van der Waals surface area contributed by atoms with Crippen molar-refractivity contribution in [3.63, 3.8) is 0 Å². The number of aliphatic carboxylic acids is 1. The second-order valence-corrected chi connectivity index (χ2v) is 6.18. The van der Waals surface area contributed by atoms with E-state index in [1.165, 1.54) is 4.90 Å². The van der Waals surface area contributed by atoms with Crippen LogP contribution < -0.4 is 0 Å². The fraction of sp³-hybridized carbons (Fsp3) is 0.571. The summed E-state index contributed by atoms with van der Waals surface area (Å²) in [6.07, 6.45) is 4.78. The van der Waals surface area contributed by atoms with Gasteiger partial charge in [-0.2, -0.15) is 0 Å². The molecule has 110 valence electrons. The molecule has 1 aromatic heterocycles. The van der Waals surface area contributed by atoms with Gasteiger partial charge < -0.3 is 14.6 Å². The summed E-state index contributed by atoms with van der Waals surface area (Å²) in [6.45, 7) is 3.56. The van der Waals surface area contributed by atoms with Crippen LogP contribution in [0.25, 0.3) is 0 Å². The van der Waals surface area contributed by atoms with E-state index in [-0.39, 0.29) is 18.5 Å². The molecule has 0 aliphatic heterocycles. The Balaban J connectivity index is 2.28. The highest BCUT2D eigenvalue weighted by molar-refractivity contribution is 9.10. The second kappa shape index (κ2) is 5.99. The zero-order valence-electron chi connectivity index (χ0n) is 11.7. The van der Waals surface area contributed by atoms with Gasteiger partial charge in [0.1, 0.15) is 12.2 Å². The Morgan fingerprint density at radius 2 is 2.20 bits per heavy atom. The van der Waals surface area contributed by atoms with Gasteiger partial charge in [-0.25, -0.2) is 0 Å². The summed E-state index contributed by atoms with van der Waals surface area (Å²) in [5.74, 6) is -1.19. The van der Waals surface area contributed by atoms with Gasteiger partial charge >= 0.3 is 5.97 Å². The zero-order chi connectivity index (χ0) is 14.9. The van der Waals surface area contributed by atoms with E-state index in [4.69, 9.17) is 5.11 Å². The van der Waals surface area contributed by atoms with Gasteiger partial charge in [-0.3, -0.25) is 9.59 Å². The van der Waals surface area contributed by atoms with Crippen LogP contribution >= 0.6 is 15.9 Å². The Kier molecular flexibility index (Phi) is 4.52. The van der Waals surface area contributed by atoms with Gasteiger partial charge in [-0.05, 0) is 48.2 Å². The monoisotopic (exact) mass is 342 g/mol. The van der Waals surface area contributed by atoms with E-state index in [9.17, 15) is 9.59 Å². The molecule has 5 nitrogen and oxygen atoms in total. The number of hydrogen-bond acceptors (Lipinski definition) is 2. The Morgan fingerprint density at radius 1 is 1.55 bits per heavy atom. The summed E-state index contributed by atoms with van der Waals surface area (Å²) >= 11 is 3.39. The molecule has 0 radical (unpaired) electrons. The third kappa shape index (κ3) is 3.23. The minimum Gasteiger partial charge on any atom is -0.480 e. The lowest BCUT2D eigenvalue weighted by Crippen LogP contribution is -2.42. The number of hydrogen-bond donors (Lipinski definition) is 1. The van der Waals surface area contributed by atoms with Gasteiger partial charge in [0.15, 0.2) is 0 Å². The molecule has 1 N–H and O–H groups in total. The second-order valence-electron chi connectivity index (χ2n) is 5.27. The molecule has 1 unspecified atom stereocenters. The first-order chi connectivity index (χ1) is 9.43. The molecule has 1 aliphatic carbocycles.